The van der Waals surface area contributed by atoms with Crippen LogP contribution in [0.15, 0.2) is 24.5 Å². The first-order chi connectivity index (χ1) is 9.16. The second-order valence-corrected chi connectivity index (χ2v) is 4.50. The Balaban J connectivity index is 1.64. The Labute approximate surface area is 111 Å². The molecule has 0 aliphatic carbocycles. The van der Waals surface area contributed by atoms with Gasteiger partial charge in [0, 0.05) is 38.3 Å². The largest absolute Gasteiger partial charge is 0.354 e. The molecule has 6 heteroatoms. The Kier molecular flexibility index (Phi) is 4.33. The van der Waals surface area contributed by atoms with Gasteiger partial charge in [-0.25, -0.2) is 0 Å². The number of nitrogens with zero attached hydrogens (tertiary/aromatic N) is 2. The third-order valence-corrected chi connectivity index (χ3v) is 3.04. The van der Waals surface area contributed by atoms with Gasteiger partial charge >= 0.3 is 0 Å². The molecule has 3 amide bonds. The van der Waals surface area contributed by atoms with E-state index in [2.05, 4.69) is 5.32 Å². The molecule has 102 valence electrons. The summed E-state index contributed by atoms with van der Waals surface area (Å²) in [6, 6.07) is 3.90. The van der Waals surface area contributed by atoms with Gasteiger partial charge in [0.1, 0.15) is 6.54 Å². The number of carbonyl (C=O) groups excluding carboxylic acids is 3. The van der Waals surface area contributed by atoms with E-state index in [9.17, 15) is 14.4 Å². The SMILES string of the molecule is O=C(CN1C(=O)CCC1=O)NCCCn1cccc1. The van der Waals surface area contributed by atoms with Crippen LogP contribution in [-0.4, -0.2) is 40.3 Å². The van der Waals surface area contributed by atoms with Crippen molar-refractivity contribution in [2.45, 2.75) is 25.8 Å². The van der Waals surface area contributed by atoms with Gasteiger partial charge < -0.3 is 9.88 Å². The van der Waals surface area contributed by atoms with Gasteiger partial charge in [0.05, 0.1) is 0 Å². The van der Waals surface area contributed by atoms with E-state index in [0.29, 0.717) is 6.54 Å². The maximum atomic E-state index is 11.6. The molecule has 1 fully saturated rings. The van der Waals surface area contributed by atoms with E-state index in [0.717, 1.165) is 17.9 Å². The van der Waals surface area contributed by atoms with E-state index in [-0.39, 0.29) is 37.1 Å². The van der Waals surface area contributed by atoms with E-state index < -0.39 is 0 Å². The molecular weight excluding hydrogens is 246 g/mol. The third kappa shape index (κ3) is 3.67. The summed E-state index contributed by atoms with van der Waals surface area (Å²) in [5.74, 6) is -0.795. The highest BCUT2D eigenvalue weighted by Gasteiger charge is 2.30. The van der Waals surface area contributed by atoms with Gasteiger partial charge in [-0.15, -0.1) is 0 Å². The summed E-state index contributed by atoms with van der Waals surface area (Å²) in [6.45, 7) is 1.21. The first-order valence-electron chi connectivity index (χ1n) is 6.37. The molecule has 6 nitrogen and oxygen atoms in total. The van der Waals surface area contributed by atoms with Gasteiger partial charge in [-0.2, -0.15) is 0 Å². The van der Waals surface area contributed by atoms with Crippen molar-refractivity contribution in [1.29, 1.82) is 0 Å². The third-order valence-electron chi connectivity index (χ3n) is 3.04. The highest BCUT2D eigenvalue weighted by molar-refractivity contribution is 6.04. The van der Waals surface area contributed by atoms with Crippen molar-refractivity contribution in [3.63, 3.8) is 0 Å². The number of amides is 3. The summed E-state index contributed by atoms with van der Waals surface area (Å²) in [6.07, 6.45) is 5.18. The van der Waals surface area contributed by atoms with Gasteiger partial charge in [-0.1, -0.05) is 0 Å². The summed E-state index contributed by atoms with van der Waals surface area (Å²) in [5.41, 5.74) is 0. The van der Waals surface area contributed by atoms with E-state index >= 15 is 0 Å². The molecule has 0 radical (unpaired) electrons. The van der Waals surface area contributed by atoms with Crippen molar-refractivity contribution in [2.24, 2.45) is 0 Å². The number of imide groups is 1. The average Bonchev–Trinajstić information content (AvgIpc) is 3.00. The number of hydrogen-bond acceptors (Lipinski definition) is 3. The minimum Gasteiger partial charge on any atom is -0.354 e. The van der Waals surface area contributed by atoms with Crippen LogP contribution in [0.5, 0.6) is 0 Å². The fourth-order valence-electron chi connectivity index (χ4n) is 2.01. The lowest BCUT2D eigenvalue weighted by atomic mass is 10.4. The Morgan fingerprint density at radius 1 is 1.16 bits per heavy atom. The minimum absolute atomic E-state index is 0.152. The molecule has 0 unspecified atom stereocenters. The number of carbonyl (C=O) groups is 3. The van der Waals surface area contributed by atoms with Crippen molar-refractivity contribution in [2.75, 3.05) is 13.1 Å². The van der Waals surface area contributed by atoms with Crippen molar-refractivity contribution in [1.82, 2.24) is 14.8 Å². The molecule has 1 N–H and O–H groups in total. The lowest BCUT2D eigenvalue weighted by Gasteiger charge is -2.13. The molecule has 1 saturated heterocycles. The first kappa shape index (κ1) is 13.3. The molecule has 19 heavy (non-hydrogen) atoms. The molecule has 1 aromatic heterocycles. The molecule has 1 aliphatic rings. The summed E-state index contributed by atoms with van der Waals surface area (Å²) in [5, 5.41) is 2.71. The molecule has 0 bridgehead atoms. The lowest BCUT2D eigenvalue weighted by molar-refractivity contribution is -0.142. The molecule has 0 spiro atoms. The zero-order chi connectivity index (χ0) is 13.7. The highest BCUT2D eigenvalue weighted by atomic mass is 16.2. The zero-order valence-corrected chi connectivity index (χ0v) is 10.7. The molecule has 1 aliphatic heterocycles. The number of aryl methyl sites for hydroxylation is 1. The summed E-state index contributed by atoms with van der Waals surface area (Å²) in [7, 11) is 0. The number of likely N-dealkylation sites (tertiary alicyclic amines) is 1. The van der Waals surface area contributed by atoms with Gasteiger partial charge in [0.15, 0.2) is 0 Å². The zero-order valence-electron chi connectivity index (χ0n) is 10.7. The van der Waals surface area contributed by atoms with Gasteiger partial charge in [0.25, 0.3) is 0 Å². The molecule has 0 atom stereocenters. The molecule has 1 aromatic rings. The van der Waals surface area contributed by atoms with E-state index in [1.165, 1.54) is 0 Å². The topological polar surface area (TPSA) is 71.4 Å². The van der Waals surface area contributed by atoms with Crippen molar-refractivity contribution in [3.05, 3.63) is 24.5 Å². The molecule has 0 saturated carbocycles. The second-order valence-electron chi connectivity index (χ2n) is 4.50. The van der Waals surface area contributed by atoms with E-state index in [1.807, 2.05) is 29.1 Å². The number of nitrogens with one attached hydrogen (secondary N) is 1. The quantitative estimate of drug-likeness (QED) is 0.586. The van der Waals surface area contributed by atoms with Crippen LogP contribution >= 0.6 is 0 Å². The fraction of sp³-hybridized carbons (Fsp3) is 0.462. The molecule has 2 rings (SSSR count). The van der Waals surface area contributed by atoms with Crippen LogP contribution in [-0.2, 0) is 20.9 Å². The average molecular weight is 263 g/mol. The highest BCUT2D eigenvalue weighted by Crippen LogP contribution is 2.10. The van der Waals surface area contributed by atoms with Crippen molar-refractivity contribution in [3.8, 4) is 0 Å². The Morgan fingerprint density at radius 3 is 2.42 bits per heavy atom. The van der Waals surface area contributed by atoms with Gasteiger partial charge in [0.2, 0.25) is 17.7 Å². The van der Waals surface area contributed by atoms with Crippen molar-refractivity contribution < 1.29 is 14.4 Å². The van der Waals surface area contributed by atoms with Crippen LogP contribution < -0.4 is 5.32 Å². The number of rotatable bonds is 6. The molecule has 2 heterocycles. The Hall–Kier alpha value is -2.11. The maximum Gasteiger partial charge on any atom is 0.240 e. The predicted molar refractivity (Wildman–Crippen MR) is 68.0 cm³/mol. The molecular formula is C13H17N3O3. The first-order valence-corrected chi connectivity index (χ1v) is 6.37. The Morgan fingerprint density at radius 2 is 1.79 bits per heavy atom. The predicted octanol–water partition coefficient (Wildman–Crippen LogP) is 0.143. The monoisotopic (exact) mass is 263 g/mol. The summed E-state index contributed by atoms with van der Waals surface area (Å²) in [4.78, 5) is 35.3. The van der Waals surface area contributed by atoms with Crippen LogP contribution in [0.25, 0.3) is 0 Å². The van der Waals surface area contributed by atoms with Gasteiger partial charge in [-0.05, 0) is 18.6 Å². The second kappa shape index (κ2) is 6.17. The van der Waals surface area contributed by atoms with E-state index in [4.69, 9.17) is 0 Å². The standard InChI is InChI=1S/C13H17N3O3/c17-11(10-16-12(18)4-5-13(16)19)14-6-3-9-15-7-1-2-8-15/h1-2,7-8H,3-6,9-10H2,(H,14,17). The van der Waals surface area contributed by atoms with E-state index in [1.54, 1.807) is 0 Å². The summed E-state index contributed by atoms with van der Waals surface area (Å²) >= 11 is 0. The smallest absolute Gasteiger partial charge is 0.240 e. The van der Waals surface area contributed by atoms with Gasteiger partial charge in [-0.3, -0.25) is 19.3 Å². The van der Waals surface area contributed by atoms with Crippen molar-refractivity contribution >= 4 is 17.7 Å². The van der Waals surface area contributed by atoms with Crippen LogP contribution in [0.3, 0.4) is 0 Å². The maximum absolute atomic E-state index is 11.6. The van der Waals surface area contributed by atoms with Crippen LogP contribution in [0, 0.1) is 0 Å². The van der Waals surface area contributed by atoms with Crippen LogP contribution in [0.4, 0.5) is 0 Å². The lowest BCUT2D eigenvalue weighted by Crippen LogP contribution is -2.40. The number of hydrogen-bond donors (Lipinski definition) is 1. The Bertz CT molecular complexity index is 451. The van der Waals surface area contributed by atoms with Crippen LogP contribution in [0.1, 0.15) is 19.3 Å². The normalized spacial score (nSPS) is 15.1. The number of aromatic nitrogens is 1. The molecule has 0 aromatic carbocycles. The van der Waals surface area contributed by atoms with Crippen LogP contribution in [0.2, 0.25) is 0 Å². The minimum atomic E-state index is -0.281. The fourth-order valence-corrected chi connectivity index (χ4v) is 2.01. The summed E-state index contributed by atoms with van der Waals surface area (Å²) < 4.78 is 2.03.